The molecule has 20 heavy (non-hydrogen) atoms. The molecule has 104 valence electrons. The SMILES string of the molecule is FC(F)(F)c1ccc(/C=C/SCc2ccccc2)cc1. The van der Waals surface area contributed by atoms with E-state index in [2.05, 4.69) is 0 Å². The molecular formula is C16H13F3S. The monoisotopic (exact) mass is 294 g/mol. The molecule has 0 nitrogen and oxygen atoms in total. The molecule has 0 aliphatic heterocycles. The van der Waals surface area contributed by atoms with Crippen molar-refractivity contribution in [2.75, 3.05) is 0 Å². The molecule has 0 amide bonds. The fourth-order valence-electron chi connectivity index (χ4n) is 1.63. The van der Waals surface area contributed by atoms with E-state index in [1.165, 1.54) is 17.7 Å². The Bertz CT molecular complexity index is 557. The van der Waals surface area contributed by atoms with Gasteiger partial charge in [-0.3, -0.25) is 0 Å². The molecule has 0 aliphatic carbocycles. The topological polar surface area (TPSA) is 0 Å². The molecule has 2 aromatic rings. The molecule has 0 atom stereocenters. The van der Waals surface area contributed by atoms with Gasteiger partial charge >= 0.3 is 6.18 Å². The van der Waals surface area contributed by atoms with E-state index in [9.17, 15) is 13.2 Å². The van der Waals surface area contributed by atoms with E-state index in [1.807, 2.05) is 41.8 Å². The van der Waals surface area contributed by atoms with Gasteiger partial charge in [0, 0.05) is 5.75 Å². The fraction of sp³-hybridized carbons (Fsp3) is 0.125. The van der Waals surface area contributed by atoms with Crippen LogP contribution in [-0.4, -0.2) is 0 Å². The Hall–Kier alpha value is -1.68. The molecule has 0 heterocycles. The lowest BCUT2D eigenvalue weighted by atomic mass is 10.1. The number of rotatable bonds is 4. The Morgan fingerprint density at radius 3 is 2.15 bits per heavy atom. The van der Waals surface area contributed by atoms with E-state index in [4.69, 9.17) is 0 Å². The second kappa shape index (κ2) is 6.66. The molecule has 0 bridgehead atoms. The van der Waals surface area contributed by atoms with E-state index >= 15 is 0 Å². The standard InChI is InChI=1S/C16H13F3S/c17-16(18,19)15-8-6-13(7-9-15)10-11-20-12-14-4-2-1-3-5-14/h1-11H,12H2/b11-10+. The van der Waals surface area contributed by atoms with Gasteiger partial charge in [-0.25, -0.2) is 0 Å². The average molecular weight is 294 g/mol. The van der Waals surface area contributed by atoms with Crippen LogP contribution in [0.1, 0.15) is 16.7 Å². The van der Waals surface area contributed by atoms with Crippen LogP contribution < -0.4 is 0 Å². The summed E-state index contributed by atoms with van der Waals surface area (Å²) in [7, 11) is 0. The predicted octanol–water partition coefficient (Wildman–Crippen LogP) is 5.61. The van der Waals surface area contributed by atoms with Gasteiger partial charge in [0.1, 0.15) is 0 Å². The van der Waals surface area contributed by atoms with Gasteiger partial charge < -0.3 is 0 Å². The Morgan fingerprint density at radius 2 is 1.55 bits per heavy atom. The molecule has 2 rings (SSSR count). The van der Waals surface area contributed by atoms with Crippen molar-refractivity contribution in [3.63, 3.8) is 0 Å². The molecule has 0 aromatic heterocycles. The third kappa shape index (κ3) is 4.46. The Balaban J connectivity index is 1.89. The number of hydrogen-bond acceptors (Lipinski definition) is 1. The first kappa shape index (κ1) is 14.7. The summed E-state index contributed by atoms with van der Waals surface area (Å²) in [6.07, 6.45) is -2.46. The van der Waals surface area contributed by atoms with Gasteiger partial charge in [0.2, 0.25) is 0 Å². The normalized spacial score (nSPS) is 11.9. The number of halogens is 3. The lowest BCUT2D eigenvalue weighted by Crippen LogP contribution is -2.03. The first-order valence-corrected chi connectivity index (χ1v) is 7.10. The minimum Gasteiger partial charge on any atom is -0.166 e. The van der Waals surface area contributed by atoms with Gasteiger partial charge in [0.05, 0.1) is 5.56 Å². The van der Waals surface area contributed by atoms with Crippen LogP contribution in [0.15, 0.2) is 60.0 Å². The summed E-state index contributed by atoms with van der Waals surface area (Å²) in [5.74, 6) is 0.845. The van der Waals surface area contributed by atoms with Gasteiger partial charge in [-0.2, -0.15) is 13.2 Å². The summed E-state index contributed by atoms with van der Waals surface area (Å²) in [5, 5.41) is 1.90. The molecule has 0 fully saturated rings. The molecule has 0 radical (unpaired) electrons. The van der Waals surface area contributed by atoms with E-state index in [0.717, 1.165) is 23.4 Å². The zero-order valence-electron chi connectivity index (χ0n) is 10.6. The smallest absolute Gasteiger partial charge is 0.166 e. The molecular weight excluding hydrogens is 281 g/mol. The highest BCUT2D eigenvalue weighted by atomic mass is 32.2. The summed E-state index contributed by atoms with van der Waals surface area (Å²) in [6, 6.07) is 15.2. The van der Waals surface area contributed by atoms with Crippen molar-refractivity contribution in [3.05, 3.63) is 76.7 Å². The quantitative estimate of drug-likeness (QED) is 0.706. The van der Waals surface area contributed by atoms with Crippen molar-refractivity contribution in [2.24, 2.45) is 0 Å². The Kier molecular flexibility index (Phi) is 4.90. The Morgan fingerprint density at radius 1 is 0.900 bits per heavy atom. The average Bonchev–Trinajstić information content (AvgIpc) is 2.44. The lowest BCUT2D eigenvalue weighted by molar-refractivity contribution is -0.137. The maximum Gasteiger partial charge on any atom is 0.416 e. The van der Waals surface area contributed by atoms with Crippen molar-refractivity contribution in [3.8, 4) is 0 Å². The van der Waals surface area contributed by atoms with Crippen LogP contribution in [0.4, 0.5) is 13.2 Å². The second-order valence-corrected chi connectivity index (χ2v) is 5.11. The summed E-state index contributed by atoms with van der Waals surface area (Å²) >= 11 is 1.61. The summed E-state index contributed by atoms with van der Waals surface area (Å²) in [4.78, 5) is 0. The van der Waals surface area contributed by atoms with E-state index < -0.39 is 11.7 Å². The molecule has 4 heteroatoms. The lowest BCUT2D eigenvalue weighted by Gasteiger charge is -2.05. The largest absolute Gasteiger partial charge is 0.416 e. The van der Waals surface area contributed by atoms with E-state index in [0.29, 0.717) is 0 Å². The molecule has 0 unspecified atom stereocenters. The number of thioether (sulfide) groups is 1. The maximum atomic E-state index is 12.4. The molecule has 0 spiro atoms. The Labute approximate surface area is 120 Å². The fourth-order valence-corrected chi connectivity index (χ4v) is 2.36. The van der Waals surface area contributed by atoms with Crippen LogP contribution in [0.25, 0.3) is 6.08 Å². The van der Waals surface area contributed by atoms with Crippen molar-refractivity contribution in [1.29, 1.82) is 0 Å². The minimum absolute atomic E-state index is 0.619. The molecule has 0 aliphatic rings. The van der Waals surface area contributed by atoms with Gasteiger partial charge in [-0.1, -0.05) is 42.5 Å². The van der Waals surface area contributed by atoms with Crippen LogP contribution in [0, 0.1) is 0 Å². The zero-order chi connectivity index (χ0) is 14.4. The molecule has 0 saturated heterocycles. The van der Waals surface area contributed by atoms with E-state index in [1.54, 1.807) is 11.8 Å². The predicted molar refractivity (Wildman–Crippen MR) is 78.2 cm³/mol. The molecule has 2 aromatic carbocycles. The van der Waals surface area contributed by atoms with Crippen LogP contribution >= 0.6 is 11.8 Å². The van der Waals surface area contributed by atoms with Crippen LogP contribution in [-0.2, 0) is 11.9 Å². The summed E-state index contributed by atoms with van der Waals surface area (Å²) in [6.45, 7) is 0. The second-order valence-electron chi connectivity index (χ2n) is 4.22. The van der Waals surface area contributed by atoms with Crippen LogP contribution in [0.3, 0.4) is 0 Å². The summed E-state index contributed by atoms with van der Waals surface area (Å²) in [5.41, 5.74) is 1.36. The minimum atomic E-state index is -4.27. The molecule has 0 saturated carbocycles. The van der Waals surface area contributed by atoms with Crippen molar-refractivity contribution in [1.82, 2.24) is 0 Å². The van der Waals surface area contributed by atoms with Gasteiger partial charge in [-0.05, 0) is 34.7 Å². The maximum absolute atomic E-state index is 12.4. The van der Waals surface area contributed by atoms with Gasteiger partial charge in [0.15, 0.2) is 0 Å². The van der Waals surface area contributed by atoms with Gasteiger partial charge in [-0.15, -0.1) is 11.8 Å². The first-order chi connectivity index (χ1) is 9.55. The first-order valence-electron chi connectivity index (χ1n) is 6.05. The van der Waals surface area contributed by atoms with Crippen LogP contribution in [0.2, 0.25) is 0 Å². The van der Waals surface area contributed by atoms with Crippen LogP contribution in [0.5, 0.6) is 0 Å². The highest BCUT2D eigenvalue weighted by Gasteiger charge is 2.29. The highest BCUT2D eigenvalue weighted by molar-refractivity contribution is 8.01. The van der Waals surface area contributed by atoms with Gasteiger partial charge in [0.25, 0.3) is 0 Å². The zero-order valence-corrected chi connectivity index (χ0v) is 11.4. The van der Waals surface area contributed by atoms with Crippen molar-refractivity contribution >= 4 is 17.8 Å². The van der Waals surface area contributed by atoms with Crippen molar-refractivity contribution in [2.45, 2.75) is 11.9 Å². The number of alkyl halides is 3. The number of benzene rings is 2. The summed E-state index contributed by atoms with van der Waals surface area (Å²) < 4.78 is 37.2. The van der Waals surface area contributed by atoms with E-state index in [-0.39, 0.29) is 0 Å². The van der Waals surface area contributed by atoms with Crippen molar-refractivity contribution < 1.29 is 13.2 Å². The number of hydrogen-bond donors (Lipinski definition) is 0. The molecule has 0 N–H and O–H groups in total. The third-order valence-corrected chi connectivity index (χ3v) is 3.52. The highest BCUT2D eigenvalue weighted by Crippen LogP contribution is 2.29. The third-order valence-electron chi connectivity index (χ3n) is 2.69.